The summed E-state index contributed by atoms with van der Waals surface area (Å²) in [5, 5.41) is 23.4. The number of benzene rings is 3. The van der Waals surface area contributed by atoms with E-state index in [4.69, 9.17) is 16.3 Å². The molecule has 282 valence electrons. The van der Waals surface area contributed by atoms with E-state index in [2.05, 4.69) is 41.5 Å². The Kier molecular flexibility index (Phi) is 11.2. The number of aryl methyl sites for hydroxylation is 1. The van der Waals surface area contributed by atoms with Crippen molar-refractivity contribution in [3.8, 4) is 6.01 Å². The number of hydrogen-bond acceptors (Lipinski definition) is 10. The minimum atomic E-state index is -4.65. The minimum Gasteiger partial charge on any atom is -0.480 e. The lowest BCUT2D eigenvalue weighted by atomic mass is 10.0. The number of hydrogen-bond donors (Lipinski definition) is 6. The Morgan fingerprint density at radius 2 is 1.59 bits per heavy atom. The van der Waals surface area contributed by atoms with E-state index in [0.29, 0.717) is 23.6 Å². The van der Waals surface area contributed by atoms with Crippen molar-refractivity contribution in [1.29, 1.82) is 0 Å². The van der Waals surface area contributed by atoms with Crippen LogP contribution in [-0.4, -0.2) is 75.7 Å². The summed E-state index contributed by atoms with van der Waals surface area (Å²) in [5.41, 5.74) is 2.99. The first-order valence-electron chi connectivity index (χ1n) is 16.8. The molecule has 2 atom stereocenters. The number of halogens is 4. The van der Waals surface area contributed by atoms with Gasteiger partial charge in [0.2, 0.25) is 11.9 Å². The van der Waals surface area contributed by atoms with Crippen molar-refractivity contribution in [2.45, 2.75) is 49.4 Å². The van der Waals surface area contributed by atoms with Gasteiger partial charge in [-0.3, -0.25) is 14.4 Å². The highest BCUT2D eigenvalue weighted by Gasteiger charge is 2.45. The minimum absolute atomic E-state index is 0.0403. The number of anilines is 3. The summed E-state index contributed by atoms with van der Waals surface area (Å²) >= 11 is 6.02. The zero-order valence-corrected chi connectivity index (χ0v) is 29.1. The fraction of sp³-hybridized carbons (Fsp3) is 0.306. The van der Waals surface area contributed by atoms with Crippen molar-refractivity contribution >= 4 is 52.9 Å². The van der Waals surface area contributed by atoms with Crippen molar-refractivity contribution in [3.63, 3.8) is 0 Å². The first kappa shape index (κ1) is 37.8. The maximum atomic E-state index is 12.9. The standard InChI is InChI=1S/C36H34ClF3N8O6/c37-24-11-9-23(10-12-24)35(15-16-35)48-33-45-32(46-34(47-33)54-19-36(38,39)40)43-25-13-7-21(8-14-25)28(49)44-27(31(52)53)18-42-30(51)29(50)41-17-22-6-5-20-3-1-2-4-26(20)22/h1-4,7-14,22,27H,5-6,15-19H2,(H,41,50)(H,42,51)(H,44,49)(H,52,53)(H2,43,45,46,47,48)/t22?,27-/m0/s1. The highest BCUT2D eigenvalue weighted by Crippen LogP contribution is 2.48. The summed E-state index contributed by atoms with van der Waals surface area (Å²) in [5.74, 6) is -4.35. The quantitative estimate of drug-likeness (QED) is 0.0992. The van der Waals surface area contributed by atoms with Crippen molar-refractivity contribution in [3.05, 3.63) is 100 Å². The molecule has 6 N–H and O–H groups in total. The molecule has 0 saturated heterocycles. The summed E-state index contributed by atoms with van der Waals surface area (Å²) in [6.45, 7) is -1.95. The molecule has 3 amide bonds. The van der Waals surface area contributed by atoms with Crippen LogP contribution in [0.4, 0.5) is 30.8 Å². The van der Waals surface area contributed by atoms with Gasteiger partial charge in [-0.1, -0.05) is 48.0 Å². The number of carboxylic acids is 1. The number of carbonyl (C=O) groups is 4. The fourth-order valence-corrected chi connectivity index (χ4v) is 6.10. The number of fused-ring (bicyclic) bond motifs is 1. The van der Waals surface area contributed by atoms with Crippen molar-refractivity contribution in [2.75, 3.05) is 30.3 Å². The van der Waals surface area contributed by atoms with Crippen LogP contribution in [0.5, 0.6) is 6.01 Å². The molecule has 6 rings (SSSR count). The summed E-state index contributed by atoms with van der Waals surface area (Å²) in [6.07, 6.45) is -1.54. The number of aromatic nitrogens is 3. The topological polar surface area (TPSA) is 197 Å². The van der Waals surface area contributed by atoms with Crippen LogP contribution in [0.2, 0.25) is 5.02 Å². The van der Waals surface area contributed by atoms with E-state index >= 15 is 0 Å². The molecule has 0 radical (unpaired) electrons. The Balaban J connectivity index is 1.05. The molecule has 3 aromatic carbocycles. The molecule has 4 aromatic rings. The molecule has 2 aliphatic carbocycles. The van der Waals surface area contributed by atoms with E-state index < -0.39 is 60.6 Å². The van der Waals surface area contributed by atoms with Crippen molar-refractivity contribution in [2.24, 2.45) is 0 Å². The molecule has 0 spiro atoms. The molecule has 18 heteroatoms. The third-order valence-electron chi connectivity index (χ3n) is 8.92. The fourth-order valence-electron chi connectivity index (χ4n) is 5.98. The average molecular weight is 767 g/mol. The van der Waals surface area contributed by atoms with Gasteiger partial charge >= 0.3 is 30.0 Å². The highest BCUT2D eigenvalue weighted by molar-refractivity contribution is 6.35. The van der Waals surface area contributed by atoms with Crippen molar-refractivity contribution < 1.29 is 42.2 Å². The second-order valence-corrected chi connectivity index (χ2v) is 13.2. The number of carbonyl (C=O) groups excluding carboxylic acids is 3. The molecule has 1 saturated carbocycles. The average Bonchev–Trinajstić information content (AvgIpc) is 3.80. The van der Waals surface area contributed by atoms with Crippen LogP contribution in [0, 0.1) is 0 Å². The molecule has 1 unspecified atom stereocenters. The predicted octanol–water partition coefficient (Wildman–Crippen LogP) is 4.46. The first-order valence-corrected chi connectivity index (χ1v) is 17.2. The molecular formula is C36H34ClF3N8O6. The van der Waals surface area contributed by atoms with Gasteiger partial charge in [0, 0.05) is 35.3 Å². The number of aliphatic carboxylic acids is 1. The van der Waals surface area contributed by atoms with E-state index in [1.165, 1.54) is 29.8 Å². The van der Waals surface area contributed by atoms with Gasteiger partial charge in [-0.15, -0.1) is 0 Å². The lowest BCUT2D eigenvalue weighted by Gasteiger charge is -2.19. The number of ether oxygens (including phenoxy) is 1. The molecular weight excluding hydrogens is 733 g/mol. The molecule has 1 heterocycles. The van der Waals surface area contributed by atoms with E-state index in [0.717, 1.165) is 24.0 Å². The number of nitrogens with zero attached hydrogens (tertiary/aromatic N) is 3. The van der Waals surface area contributed by atoms with E-state index in [9.17, 15) is 37.5 Å². The third kappa shape index (κ3) is 9.71. The number of rotatable bonds is 14. The Labute approximate surface area is 311 Å². The van der Waals surface area contributed by atoms with Crippen LogP contribution < -0.4 is 31.3 Å². The van der Waals surface area contributed by atoms with E-state index in [1.54, 1.807) is 12.1 Å². The molecule has 1 fully saturated rings. The Morgan fingerprint density at radius 3 is 2.28 bits per heavy atom. The molecule has 2 aliphatic rings. The normalized spacial score (nSPS) is 16.0. The molecule has 1 aromatic heterocycles. The number of carboxylic acid groups (broad SMARTS) is 1. The van der Waals surface area contributed by atoms with Gasteiger partial charge in [0.1, 0.15) is 6.04 Å². The summed E-state index contributed by atoms with van der Waals surface area (Å²) in [4.78, 5) is 61.9. The summed E-state index contributed by atoms with van der Waals surface area (Å²) < 4.78 is 43.6. The van der Waals surface area contributed by atoms with Gasteiger partial charge in [0.15, 0.2) is 6.61 Å². The SMILES string of the molecule is O=C(NCC1CCc2ccccc21)C(=O)NC[C@H](NC(=O)c1ccc(Nc2nc(NC3(c4ccc(Cl)cc4)CC3)nc(OCC(F)(F)F)n2)cc1)C(=O)O. The highest BCUT2D eigenvalue weighted by atomic mass is 35.5. The molecule has 0 bridgehead atoms. The maximum Gasteiger partial charge on any atom is 0.422 e. The van der Waals surface area contributed by atoms with Crippen LogP contribution in [0.25, 0.3) is 0 Å². The molecule has 14 nitrogen and oxygen atoms in total. The second-order valence-electron chi connectivity index (χ2n) is 12.8. The van der Waals surface area contributed by atoms with Gasteiger partial charge < -0.3 is 36.4 Å². The smallest absolute Gasteiger partial charge is 0.422 e. The number of alkyl halides is 3. The van der Waals surface area contributed by atoms with Crippen LogP contribution in [0.1, 0.15) is 52.2 Å². The van der Waals surface area contributed by atoms with Crippen molar-refractivity contribution in [1.82, 2.24) is 30.9 Å². The lowest BCUT2D eigenvalue weighted by Crippen LogP contribution is -2.51. The largest absolute Gasteiger partial charge is 0.480 e. The Morgan fingerprint density at radius 1 is 0.907 bits per heavy atom. The van der Waals surface area contributed by atoms with E-state index in [1.807, 2.05) is 36.4 Å². The summed E-state index contributed by atoms with van der Waals surface area (Å²) in [7, 11) is 0. The zero-order chi connectivity index (χ0) is 38.5. The Hall–Kier alpha value is -5.97. The van der Waals surface area contributed by atoms with Crippen LogP contribution in [-0.2, 0) is 26.3 Å². The molecule has 0 aliphatic heterocycles. The third-order valence-corrected chi connectivity index (χ3v) is 9.18. The lowest BCUT2D eigenvalue weighted by molar-refractivity contribution is -0.154. The van der Waals surface area contributed by atoms with Gasteiger partial charge in [0.05, 0.1) is 5.54 Å². The predicted molar refractivity (Wildman–Crippen MR) is 190 cm³/mol. The molecule has 54 heavy (non-hydrogen) atoms. The zero-order valence-electron chi connectivity index (χ0n) is 28.4. The van der Waals surface area contributed by atoms with Gasteiger partial charge in [-0.2, -0.15) is 28.1 Å². The van der Waals surface area contributed by atoms with E-state index in [-0.39, 0.29) is 29.9 Å². The van der Waals surface area contributed by atoms with Gasteiger partial charge in [0.25, 0.3) is 5.91 Å². The first-order chi connectivity index (χ1) is 25.8. The van der Waals surface area contributed by atoms with Crippen LogP contribution in [0.15, 0.2) is 72.8 Å². The maximum absolute atomic E-state index is 12.9. The monoisotopic (exact) mass is 766 g/mol. The Bertz CT molecular complexity index is 2030. The number of amides is 3. The number of nitrogens with one attached hydrogen (secondary N) is 5. The summed E-state index contributed by atoms with van der Waals surface area (Å²) in [6, 6.07) is 18.4. The van der Waals surface area contributed by atoms with Gasteiger partial charge in [-0.25, -0.2) is 4.79 Å². The second kappa shape index (κ2) is 16.0. The van der Waals surface area contributed by atoms with Crippen LogP contribution in [0.3, 0.4) is 0 Å². The van der Waals surface area contributed by atoms with Gasteiger partial charge in [-0.05, 0) is 78.8 Å². The van der Waals surface area contributed by atoms with Crippen LogP contribution >= 0.6 is 11.6 Å².